The first-order valence-electron chi connectivity index (χ1n) is 7.53. The average molecular weight is 316 g/mol. The van der Waals surface area contributed by atoms with Crippen LogP contribution in [0.15, 0.2) is 36.7 Å². The molecule has 2 heterocycles. The van der Waals surface area contributed by atoms with Gasteiger partial charge in [-0.25, -0.2) is 0 Å². The van der Waals surface area contributed by atoms with Crippen molar-refractivity contribution >= 4 is 5.91 Å². The van der Waals surface area contributed by atoms with Gasteiger partial charge >= 0.3 is 0 Å². The van der Waals surface area contributed by atoms with E-state index in [1.165, 1.54) is 0 Å². The third-order valence-corrected chi connectivity index (χ3v) is 4.07. The molecule has 0 spiro atoms. The summed E-state index contributed by atoms with van der Waals surface area (Å²) in [6, 6.07) is 9.17. The van der Waals surface area contributed by atoms with Crippen LogP contribution >= 0.6 is 0 Å². The highest BCUT2D eigenvalue weighted by Crippen LogP contribution is 2.32. The number of rotatable bonds is 5. The van der Waals surface area contributed by atoms with Gasteiger partial charge in [0.15, 0.2) is 12.4 Å². The molecule has 0 radical (unpaired) electrons. The van der Waals surface area contributed by atoms with E-state index in [1.807, 2.05) is 41.9 Å². The van der Waals surface area contributed by atoms with Gasteiger partial charge in [-0.05, 0) is 12.1 Å². The zero-order chi connectivity index (χ0) is 16.2. The summed E-state index contributed by atoms with van der Waals surface area (Å²) in [7, 11) is 3.53. The van der Waals surface area contributed by atoms with Crippen LogP contribution in [0.1, 0.15) is 18.3 Å². The van der Waals surface area contributed by atoms with Gasteiger partial charge in [0.2, 0.25) is 0 Å². The number of hydrogen-bond acceptors (Lipinski definition) is 5. The Bertz CT molecular complexity index is 658. The molecule has 0 N–H and O–H groups in total. The number of amides is 1. The Morgan fingerprint density at radius 1 is 1.35 bits per heavy atom. The van der Waals surface area contributed by atoms with Crippen LogP contribution in [0.3, 0.4) is 0 Å². The van der Waals surface area contributed by atoms with Crippen LogP contribution in [-0.2, 0) is 16.6 Å². The molecule has 0 aliphatic carbocycles. The monoisotopic (exact) mass is 316 g/mol. The molecule has 2 aromatic rings. The summed E-state index contributed by atoms with van der Waals surface area (Å²) in [6.07, 6.45) is 2.34. The van der Waals surface area contributed by atoms with Crippen molar-refractivity contribution < 1.29 is 14.3 Å². The normalized spacial score (nSPS) is 20.7. The van der Waals surface area contributed by atoms with E-state index in [-0.39, 0.29) is 24.7 Å². The Morgan fingerprint density at radius 2 is 2.13 bits per heavy atom. The van der Waals surface area contributed by atoms with Gasteiger partial charge in [0.25, 0.3) is 5.91 Å². The van der Waals surface area contributed by atoms with E-state index in [4.69, 9.17) is 9.47 Å². The van der Waals surface area contributed by atoms with Gasteiger partial charge in [0.1, 0.15) is 12.1 Å². The lowest BCUT2D eigenvalue weighted by Crippen LogP contribution is -2.36. The molecule has 1 saturated heterocycles. The SMILES string of the molecule is CO[C@@H]1C[C@@H](c2nncn2C)N(C(=O)COc2ccccc2)C1. The molecule has 122 valence electrons. The number of aryl methyl sites for hydroxylation is 1. The maximum atomic E-state index is 12.6. The zero-order valence-electron chi connectivity index (χ0n) is 13.3. The Hall–Kier alpha value is -2.41. The van der Waals surface area contributed by atoms with Gasteiger partial charge in [0.05, 0.1) is 12.1 Å². The summed E-state index contributed by atoms with van der Waals surface area (Å²) < 4.78 is 12.8. The van der Waals surface area contributed by atoms with Gasteiger partial charge in [-0.3, -0.25) is 4.79 Å². The van der Waals surface area contributed by atoms with Crippen LogP contribution in [0.5, 0.6) is 5.75 Å². The third kappa shape index (κ3) is 3.34. The summed E-state index contributed by atoms with van der Waals surface area (Å²) in [5.41, 5.74) is 0. The highest BCUT2D eigenvalue weighted by Gasteiger charge is 2.38. The number of aromatic nitrogens is 3. The minimum atomic E-state index is -0.140. The van der Waals surface area contributed by atoms with Crippen molar-refractivity contribution in [3.05, 3.63) is 42.5 Å². The lowest BCUT2D eigenvalue weighted by Gasteiger charge is -2.23. The van der Waals surface area contributed by atoms with Crippen LogP contribution in [0.4, 0.5) is 0 Å². The Labute approximate surface area is 134 Å². The Kier molecular flexibility index (Phi) is 4.57. The van der Waals surface area contributed by atoms with Crippen molar-refractivity contribution in [2.45, 2.75) is 18.6 Å². The van der Waals surface area contributed by atoms with E-state index in [0.29, 0.717) is 18.7 Å². The highest BCUT2D eigenvalue weighted by molar-refractivity contribution is 5.78. The number of methoxy groups -OCH3 is 1. The maximum absolute atomic E-state index is 12.6. The number of nitrogens with zero attached hydrogens (tertiary/aromatic N) is 4. The standard InChI is InChI=1S/C16H20N4O3/c1-19-11-17-18-16(19)14-8-13(22-2)9-20(14)15(21)10-23-12-6-4-3-5-7-12/h3-7,11,13-14H,8-10H2,1-2H3/t13-,14+/m1/s1. The van der Waals surface area contributed by atoms with Gasteiger partial charge in [0, 0.05) is 27.1 Å². The number of para-hydroxylation sites is 1. The molecule has 1 amide bonds. The fourth-order valence-corrected chi connectivity index (χ4v) is 2.83. The lowest BCUT2D eigenvalue weighted by molar-refractivity contribution is -0.134. The smallest absolute Gasteiger partial charge is 0.261 e. The molecule has 1 aromatic carbocycles. The van der Waals surface area contributed by atoms with Crippen molar-refractivity contribution in [1.82, 2.24) is 19.7 Å². The van der Waals surface area contributed by atoms with Crippen molar-refractivity contribution in [3.63, 3.8) is 0 Å². The topological polar surface area (TPSA) is 69.5 Å². The minimum Gasteiger partial charge on any atom is -0.484 e. The summed E-state index contributed by atoms with van der Waals surface area (Å²) in [5, 5.41) is 8.05. The van der Waals surface area contributed by atoms with Crippen molar-refractivity contribution in [2.75, 3.05) is 20.3 Å². The van der Waals surface area contributed by atoms with Crippen LogP contribution in [-0.4, -0.2) is 51.9 Å². The highest BCUT2D eigenvalue weighted by atomic mass is 16.5. The first kappa shape index (κ1) is 15.5. The average Bonchev–Trinajstić information content (AvgIpc) is 3.19. The zero-order valence-corrected chi connectivity index (χ0v) is 13.3. The van der Waals surface area contributed by atoms with E-state index in [0.717, 1.165) is 5.82 Å². The van der Waals surface area contributed by atoms with Gasteiger partial charge in [-0.1, -0.05) is 18.2 Å². The molecule has 0 unspecified atom stereocenters. The molecule has 1 fully saturated rings. The Balaban J connectivity index is 1.70. The number of likely N-dealkylation sites (tertiary alicyclic amines) is 1. The van der Waals surface area contributed by atoms with Crippen LogP contribution in [0.2, 0.25) is 0 Å². The number of ether oxygens (including phenoxy) is 2. The summed E-state index contributed by atoms with van der Waals surface area (Å²) in [5.74, 6) is 1.36. The van der Waals surface area contributed by atoms with E-state index in [1.54, 1.807) is 18.3 Å². The van der Waals surface area contributed by atoms with E-state index in [9.17, 15) is 4.79 Å². The fraction of sp³-hybridized carbons (Fsp3) is 0.438. The molecule has 1 aromatic heterocycles. The number of carbonyl (C=O) groups is 1. The second-order valence-corrected chi connectivity index (χ2v) is 5.56. The quantitative estimate of drug-likeness (QED) is 0.828. The van der Waals surface area contributed by atoms with E-state index in [2.05, 4.69) is 10.2 Å². The first-order valence-corrected chi connectivity index (χ1v) is 7.53. The molecule has 1 aliphatic rings. The number of hydrogen-bond donors (Lipinski definition) is 0. The largest absolute Gasteiger partial charge is 0.484 e. The molecule has 7 nitrogen and oxygen atoms in total. The van der Waals surface area contributed by atoms with Gasteiger partial charge in [-0.15, -0.1) is 10.2 Å². The molecule has 2 atom stereocenters. The molecular weight excluding hydrogens is 296 g/mol. The van der Waals surface area contributed by atoms with E-state index >= 15 is 0 Å². The summed E-state index contributed by atoms with van der Waals surface area (Å²) >= 11 is 0. The molecule has 3 rings (SSSR count). The van der Waals surface area contributed by atoms with E-state index < -0.39 is 0 Å². The molecular formula is C16H20N4O3. The van der Waals surface area contributed by atoms with Crippen molar-refractivity contribution in [3.8, 4) is 5.75 Å². The van der Waals surface area contributed by atoms with Crippen LogP contribution in [0.25, 0.3) is 0 Å². The molecule has 7 heteroatoms. The van der Waals surface area contributed by atoms with Crippen molar-refractivity contribution in [1.29, 1.82) is 0 Å². The summed E-state index contributed by atoms with van der Waals surface area (Å²) in [6.45, 7) is 0.528. The van der Waals surface area contributed by atoms with Crippen molar-refractivity contribution in [2.24, 2.45) is 7.05 Å². The number of carbonyl (C=O) groups excluding carboxylic acids is 1. The van der Waals surface area contributed by atoms with Gasteiger partial charge < -0.3 is 18.9 Å². The minimum absolute atomic E-state index is 0.00243. The second-order valence-electron chi connectivity index (χ2n) is 5.56. The summed E-state index contributed by atoms with van der Waals surface area (Å²) in [4.78, 5) is 14.3. The maximum Gasteiger partial charge on any atom is 0.261 e. The lowest BCUT2D eigenvalue weighted by atomic mass is 10.2. The molecule has 0 saturated carbocycles. The predicted octanol–water partition coefficient (Wildman–Crippen LogP) is 1.18. The van der Waals surface area contributed by atoms with Crippen LogP contribution < -0.4 is 4.74 Å². The fourth-order valence-electron chi connectivity index (χ4n) is 2.83. The Morgan fingerprint density at radius 3 is 2.78 bits per heavy atom. The molecule has 1 aliphatic heterocycles. The van der Waals surface area contributed by atoms with Gasteiger partial charge in [-0.2, -0.15) is 0 Å². The third-order valence-electron chi connectivity index (χ3n) is 4.07. The molecule has 0 bridgehead atoms. The first-order chi connectivity index (χ1) is 11.2. The number of benzene rings is 1. The predicted molar refractivity (Wildman–Crippen MR) is 82.8 cm³/mol. The second kappa shape index (κ2) is 6.78. The molecule has 23 heavy (non-hydrogen) atoms. The van der Waals surface area contributed by atoms with Crippen LogP contribution in [0, 0.1) is 0 Å².